The molecule has 2 saturated carbocycles. The van der Waals surface area contributed by atoms with Crippen molar-refractivity contribution in [3.63, 3.8) is 0 Å². The molecule has 2 aliphatic carbocycles. The van der Waals surface area contributed by atoms with Gasteiger partial charge in [-0.3, -0.25) is 0 Å². The number of alkyl halides is 2. The highest BCUT2D eigenvalue weighted by Crippen LogP contribution is 2.71. The summed E-state index contributed by atoms with van der Waals surface area (Å²) in [5, 5.41) is 0. The average molecular weight is 358 g/mol. The van der Waals surface area contributed by atoms with Crippen LogP contribution in [0, 0.1) is 0 Å². The third-order valence-electron chi connectivity index (χ3n) is 3.95. The molecule has 0 amide bonds. The molecule has 0 radical (unpaired) electrons. The summed E-state index contributed by atoms with van der Waals surface area (Å²) in [6, 6.07) is 0. The molecule has 2 rings (SSSR count). The van der Waals surface area contributed by atoms with E-state index < -0.39 is 8.56 Å². The lowest BCUT2D eigenvalue weighted by Crippen LogP contribution is -2.44. The molecule has 88 valence electrons. The zero-order valence-electron chi connectivity index (χ0n) is 9.64. The second-order valence-electron chi connectivity index (χ2n) is 5.20. The van der Waals surface area contributed by atoms with E-state index in [4.69, 9.17) is 8.85 Å². The molecule has 0 N–H and O–H groups in total. The predicted molar refractivity (Wildman–Crippen MR) is 71.2 cm³/mol. The van der Waals surface area contributed by atoms with Crippen molar-refractivity contribution in [3.8, 4) is 0 Å². The van der Waals surface area contributed by atoms with Crippen LogP contribution in [0.3, 0.4) is 0 Å². The van der Waals surface area contributed by atoms with Gasteiger partial charge in [0.15, 0.2) is 0 Å². The van der Waals surface area contributed by atoms with Crippen molar-refractivity contribution in [2.45, 2.75) is 46.4 Å². The summed E-state index contributed by atoms with van der Waals surface area (Å²) in [5.74, 6) is 0. The summed E-state index contributed by atoms with van der Waals surface area (Å²) in [5.41, 5.74) is 1.17. The van der Waals surface area contributed by atoms with Gasteiger partial charge in [-0.2, -0.15) is 0 Å². The zero-order valence-corrected chi connectivity index (χ0v) is 13.8. The standard InChI is InChI=1S/C10H18Br2O2Si/c1-9(11)5-7(9)15(13-3,14-4)8-6-10(8,2)12/h7-8H,5-6H2,1-4H3. The molecular weight excluding hydrogens is 340 g/mol. The van der Waals surface area contributed by atoms with Gasteiger partial charge in [-0.15, -0.1) is 0 Å². The molecule has 0 heterocycles. The van der Waals surface area contributed by atoms with Crippen molar-refractivity contribution in [1.29, 1.82) is 0 Å². The van der Waals surface area contributed by atoms with Gasteiger partial charge in [-0.1, -0.05) is 31.9 Å². The van der Waals surface area contributed by atoms with Crippen LogP contribution in [0.25, 0.3) is 0 Å². The quantitative estimate of drug-likeness (QED) is 0.565. The maximum atomic E-state index is 5.86. The van der Waals surface area contributed by atoms with E-state index in [9.17, 15) is 0 Å². The molecule has 0 saturated heterocycles. The summed E-state index contributed by atoms with van der Waals surface area (Å²) in [4.78, 5) is 0. The van der Waals surface area contributed by atoms with Crippen LogP contribution < -0.4 is 0 Å². The highest BCUT2D eigenvalue weighted by Gasteiger charge is 2.74. The van der Waals surface area contributed by atoms with Gasteiger partial charge in [0, 0.05) is 34.0 Å². The van der Waals surface area contributed by atoms with E-state index in [1.54, 1.807) is 0 Å². The Hall–Kier alpha value is 1.10. The van der Waals surface area contributed by atoms with Crippen LogP contribution in [-0.4, -0.2) is 31.4 Å². The molecule has 15 heavy (non-hydrogen) atoms. The van der Waals surface area contributed by atoms with Crippen molar-refractivity contribution in [2.24, 2.45) is 0 Å². The number of rotatable bonds is 4. The average Bonchev–Trinajstić information content (AvgIpc) is 2.95. The third kappa shape index (κ3) is 1.88. The van der Waals surface area contributed by atoms with E-state index in [-0.39, 0.29) is 8.65 Å². The Morgan fingerprint density at radius 3 is 1.40 bits per heavy atom. The maximum Gasteiger partial charge on any atom is 0.346 e. The second kappa shape index (κ2) is 3.54. The van der Waals surface area contributed by atoms with Crippen LogP contribution in [0.4, 0.5) is 0 Å². The van der Waals surface area contributed by atoms with Gasteiger partial charge >= 0.3 is 8.56 Å². The Morgan fingerprint density at radius 2 is 1.27 bits per heavy atom. The van der Waals surface area contributed by atoms with Crippen LogP contribution in [0.1, 0.15) is 26.7 Å². The molecule has 0 aromatic heterocycles. The summed E-state index contributed by atoms with van der Waals surface area (Å²) in [6.45, 7) is 4.48. The second-order valence-corrected chi connectivity index (χ2v) is 12.5. The van der Waals surface area contributed by atoms with Gasteiger partial charge in [0.25, 0.3) is 0 Å². The topological polar surface area (TPSA) is 18.5 Å². The molecule has 0 aliphatic heterocycles. The summed E-state index contributed by atoms with van der Waals surface area (Å²) >= 11 is 7.53. The Morgan fingerprint density at radius 1 is 1.00 bits per heavy atom. The first-order valence-electron chi connectivity index (χ1n) is 5.28. The molecule has 2 nitrogen and oxygen atoms in total. The molecule has 4 atom stereocenters. The van der Waals surface area contributed by atoms with E-state index in [2.05, 4.69) is 45.7 Å². The molecule has 0 aromatic rings. The summed E-state index contributed by atoms with van der Waals surface area (Å²) in [7, 11) is 1.60. The Balaban J connectivity index is 2.19. The predicted octanol–water partition coefficient (Wildman–Crippen LogP) is 3.58. The zero-order chi connectivity index (χ0) is 11.5. The molecular formula is C10H18Br2O2Si. The lowest BCUT2D eigenvalue weighted by Gasteiger charge is -2.30. The van der Waals surface area contributed by atoms with E-state index in [1.807, 2.05) is 14.2 Å². The molecule has 2 aliphatic rings. The summed E-state index contributed by atoms with van der Waals surface area (Å²) in [6.07, 6.45) is 2.36. The third-order valence-corrected chi connectivity index (χ3v) is 11.4. The normalized spacial score (nSPS) is 49.2. The van der Waals surface area contributed by atoms with Gasteiger partial charge in [0.05, 0.1) is 0 Å². The monoisotopic (exact) mass is 356 g/mol. The number of halogens is 2. The number of hydrogen-bond acceptors (Lipinski definition) is 2. The maximum absolute atomic E-state index is 5.86. The molecule has 0 aromatic carbocycles. The smallest absolute Gasteiger partial charge is 0.346 e. The molecule has 4 unspecified atom stereocenters. The van der Waals surface area contributed by atoms with Gasteiger partial charge < -0.3 is 8.85 Å². The van der Waals surface area contributed by atoms with Crippen molar-refractivity contribution < 1.29 is 8.85 Å². The van der Waals surface area contributed by atoms with E-state index in [0.717, 1.165) is 0 Å². The van der Waals surface area contributed by atoms with Gasteiger partial charge in [0.2, 0.25) is 0 Å². The van der Waals surface area contributed by atoms with Crippen LogP contribution >= 0.6 is 31.9 Å². The molecule has 0 spiro atoms. The van der Waals surface area contributed by atoms with Crippen molar-refractivity contribution in [3.05, 3.63) is 0 Å². The van der Waals surface area contributed by atoms with Gasteiger partial charge in [0.1, 0.15) is 0 Å². The first-order chi connectivity index (χ1) is 6.80. The Kier molecular flexibility index (Phi) is 2.97. The fourth-order valence-corrected chi connectivity index (χ4v) is 10.7. The minimum atomic E-state index is -2.04. The number of hydrogen-bond donors (Lipinski definition) is 0. The molecule has 5 heteroatoms. The van der Waals surface area contributed by atoms with E-state index in [0.29, 0.717) is 11.1 Å². The largest absolute Gasteiger partial charge is 0.397 e. The summed E-state index contributed by atoms with van der Waals surface area (Å²) < 4.78 is 12.2. The minimum absolute atomic E-state index is 0.247. The first kappa shape index (κ1) is 12.6. The van der Waals surface area contributed by atoms with Crippen molar-refractivity contribution >= 4 is 40.4 Å². The lowest BCUT2D eigenvalue weighted by atomic mass is 10.5. The van der Waals surface area contributed by atoms with Crippen LogP contribution in [-0.2, 0) is 8.85 Å². The lowest BCUT2D eigenvalue weighted by molar-refractivity contribution is 0.236. The minimum Gasteiger partial charge on any atom is -0.397 e. The van der Waals surface area contributed by atoms with Gasteiger partial charge in [-0.25, -0.2) is 0 Å². The van der Waals surface area contributed by atoms with E-state index in [1.165, 1.54) is 12.8 Å². The highest BCUT2D eigenvalue weighted by atomic mass is 79.9. The fraction of sp³-hybridized carbons (Fsp3) is 1.00. The van der Waals surface area contributed by atoms with E-state index >= 15 is 0 Å². The van der Waals surface area contributed by atoms with Crippen LogP contribution in [0.5, 0.6) is 0 Å². The van der Waals surface area contributed by atoms with Crippen molar-refractivity contribution in [1.82, 2.24) is 0 Å². The Labute approximate surface area is 110 Å². The molecule has 2 fully saturated rings. The van der Waals surface area contributed by atoms with Crippen LogP contribution in [0.15, 0.2) is 0 Å². The van der Waals surface area contributed by atoms with Crippen molar-refractivity contribution in [2.75, 3.05) is 14.2 Å². The SMILES string of the molecule is CO[Si](OC)(C1CC1(C)Br)C1CC1(C)Br. The first-order valence-corrected chi connectivity index (χ1v) is 8.84. The molecule has 0 bridgehead atoms. The Bertz CT molecular complexity index is 253. The van der Waals surface area contributed by atoms with Gasteiger partial charge in [-0.05, 0) is 26.7 Å². The van der Waals surface area contributed by atoms with Crippen LogP contribution in [0.2, 0.25) is 11.1 Å². The fourth-order valence-electron chi connectivity index (χ4n) is 2.70. The highest BCUT2D eigenvalue weighted by molar-refractivity contribution is 9.10.